The fourth-order valence-corrected chi connectivity index (χ4v) is 1.79. The highest BCUT2D eigenvalue weighted by atomic mass is 16.5. The molecule has 5 heteroatoms. The molecule has 0 aliphatic carbocycles. The van der Waals surface area contributed by atoms with Crippen LogP contribution in [0.5, 0.6) is 11.5 Å². The van der Waals surface area contributed by atoms with Crippen molar-refractivity contribution in [3.05, 3.63) is 59.7 Å². The van der Waals surface area contributed by atoms with Crippen LogP contribution in [0.15, 0.2) is 53.6 Å². The Hall–Kier alpha value is -2.82. The van der Waals surface area contributed by atoms with E-state index >= 15 is 0 Å². The summed E-state index contributed by atoms with van der Waals surface area (Å²) < 4.78 is 5.67. The third-order valence-corrected chi connectivity index (χ3v) is 2.78. The van der Waals surface area contributed by atoms with Crippen LogP contribution in [0, 0.1) is 0 Å². The molecule has 0 saturated heterocycles. The summed E-state index contributed by atoms with van der Waals surface area (Å²) in [4.78, 5) is 11.9. The molecule has 2 aromatic carbocycles. The van der Waals surface area contributed by atoms with Crippen LogP contribution < -0.4 is 10.2 Å². The molecular weight excluding hydrogens is 280 g/mol. The smallest absolute Gasteiger partial charge is 0.271 e. The van der Waals surface area contributed by atoms with E-state index in [2.05, 4.69) is 10.5 Å². The zero-order valence-corrected chi connectivity index (χ0v) is 12.5. The lowest BCUT2D eigenvalue weighted by atomic mass is 10.2. The van der Waals surface area contributed by atoms with Crippen LogP contribution in [0.25, 0.3) is 0 Å². The molecule has 0 unspecified atom stereocenters. The van der Waals surface area contributed by atoms with Gasteiger partial charge in [-0.3, -0.25) is 4.79 Å². The highest BCUT2D eigenvalue weighted by molar-refractivity contribution is 5.95. The highest BCUT2D eigenvalue weighted by Gasteiger charge is 2.05. The number of nitrogens with zero attached hydrogens (tertiary/aromatic N) is 1. The van der Waals surface area contributed by atoms with Gasteiger partial charge in [-0.1, -0.05) is 12.1 Å². The maximum atomic E-state index is 11.9. The van der Waals surface area contributed by atoms with Gasteiger partial charge in [-0.2, -0.15) is 5.10 Å². The average molecular weight is 298 g/mol. The molecule has 0 aliphatic rings. The van der Waals surface area contributed by atoms with Crippen molar-refractivity contribution < 1.29 is 14.6 Å². The van der Waals surface area contributed by atoms with Crippen LogP contribution in [0.2, 0.25) is 0 Å². The van der Waals surface area contributed by atoms with Gasteiger partial charge >= 0.3 is 0 Å². The van der Waals surface area contributed by atoms with E-state index in [0.29, 0.717) is 11.3 Å². The Kier molecular flexibility index (Phi) is 5.14. The Bertz CT molecular complexity index is 664. The number of hydrazone groups is 1. The third kappa shape index (κ3) is 4.34. The van der Waals surface area contributed by atoms with Crippen LogP contribution in [0.3, 0.4) is 0 Å². The monoisotopic (exact) mass is 298 g/mol. The molecule has 114 valence electrons. The molecule has 0 aliphatic heterocycles. The van der Waals surface area contributed by atoms with Crippen molar-refractivity contribution in [2.24, 2.45) is 5.10 Å². The van der Waals surface area contributed by atoms with Crippen LogP contribution in [0.1, 0.15) is 29.8 Å². The first-order valence-corrected chi connectivity index (χ1v) is 6.94. The van der Waals surface area contributed by atoms with Gasteiger partial charge in [0.15, 0.2) is 0 Å². The summed E-state index contributed by atoms with van der Waals surface area (Å²) in [5.41, 5.74) is 3.64. The van der Waals surface area contributed by atoms with Gasteiger partial charge < -0.3 is 9.84 Å². The van der Waals surface area contributed by atoms with Crippen molar-refractivity contribution in [3.8, 4) is 11.5 Å². The molecule has 0 radical (unpaired) electrons. The lowest BCUT2D eigenvalue weighted by Gasteiger charge is -2.11. The van der Waals surface area contributed by atoms with Crippen molar-refractivity contribution in [1.82, 2.24) is 5.43 Å². The summed E-state index contributed by atoms with van der Waals surface area (Å²) in [6.45, 7) is 3.89. The summed E-state index contributed by atoms with van der Waals surface area (Å²) in [6, 6.07) is 13.4. The van der Waals surface area contributed by atoms with E-state index in [0.717, 1.165) is 5.56 Å². The zero-order valence-electron chi connectivity index (χ0n) is 12.5. The summed E-state index contributed by atoms with van der Waals surface area (Å²) in [5, 5.41) is 13.1. The number of para-hydroxylation sites is 1. The van der Waals surface area contributed by atoms with Crippen molar-refractivity contribution in [3.63, 3.8) is 0 Å². The van der Waals surface area contributed by atoms with Gasteiger partial charge in [0.05, 0.1) is 12.3 Å². The van der Waals surface area contributed by atoms with Gasteiger partial charge in [0.25, 0.3) is 5.91 Å². The van der Waals surface area contributed by atoms with E-state index < -0.39 is 0 Å². The Balaban J connectivity index is 2.03. The van der Waals surface area contributed by atoms with Crippen LogP contribution in [-0.2, 0) is 0 Å². The van der Waals surface area contributed by atoms with E-state index in [9.17, 15) is 9.90 Å². The van der Waals surface area contributed by atoms with Crippen molar-refractivity contribution in [2.45, 2.75) is 20.0 Å². The number of amides is 1. The molecule has 5 nitrogen and oxygen atoms in total. The van der Waals surface area contributed by atoms with E-state index in [4.69, 9.17) is 4.74 Å². The van der Waals surface area contributed by atoms with Gasteiger partial charge in [-0.15, -0.1) is 0 Å². The molecule has 0 saturated carbocycles. The number of hydrogen-bond donors (Lipinski definition) is 2. The lowest BCUT2D eigenvalue weighted by Crippen LogP contribution is -2.17. The number of hydrogen-bond acceptors (Lipinski definition) is 4. The summed E-state index contributed by atoms with van der Waals surface area (Å²) in [7, 11) is 0. The molecule has 2 N–H and O–H groups in total. The second kappa shape index (κ2) is 7.26. The molecular formula is C17H18N2O3. The maximum Gasteiger partial charge on any atom is 0.271 e. The van der Waals surface area contributed by atoms with E-state index in [-0.39, 0.29) is 17.8 Å². The first kappa shape index (κ1) is 15.6. The highest BCUT2D eigenvalue weighted by Crippen LogP contribution is 2.17. The zero-order chi connectivity index (χ0) is 15.9. The topological polar surface area (TPSA) is 70.9 Å². The normalized spacial score (nSPS) is 10.9. The Labute approximate surface area is 129 Å². The van der Waals surface area contributed by atoms with Crippen molar-refractivity contribution in [1.29, 1.82) is 0 Å². The number of carbonyl (C=O) groups is 1. The van der Waals surface area contributed by atoms with Gasteiger partial charge in [0, 0.05) is 11.1 Å². The van der Waals surface area contributed by atoms with Crippen LogP contribution in [0.4, 0.5) is 0 Å². The van der Waals surface area contributed by atoms with Crippen LogP contribution in [-0.4, -0.2) is 23.3 Å². The Morgan fingerprint density at radius 1 is 1.18 bits per heavy atom. The molecule has 0 aromatic heterocycles. The van der Waals surface area contributed by atoms with Crippen molar-refractivity contribution >= 4 is 12.1 Å². The fourth-order valence-electron chi connectivity index (χ4n) is 1.79. The number of nitrogens with one attached hydrogen (secondary N) is 1. The summed E-state index contributed by atoms with van der Waals surface area (Å²) in [5.74, 6) is 0.471. The number of ether oxygens (including phenoxy) is 1. The number of phenolic OH excluding ortho intramolecular Hbond substituents is 1. The van der Waals surface area contributed by atoms with Gasteiger partial charge in [0.2, 0.25) is 0 Å². The van der Waals surface area contributed by atoms with E-state index in [1.165, 1.54) is 30.5 Å². The predicted octanol–water partition coefficient (Wildman–Crippen LogP) is 2.94. The Morgan fingerprint density at radius 2 is 1.86 bits per heavy atom. The number of aromatic hydroxyl groups is 1. The standard InChI is InChI=1S/C17H18N2O3/c1-12(2)22-16-6-4-3-5-14(16)11-18-19-17(21)13-7-9-15(20)10-8-13/h3-12,20H,1-2H3,(H,19,21)/b18-11+. The molecule has 1 amide bonds. The van der Waals surface area contributed by atoms with Crippen molar-refractivity contribution in [2.75, 3.05) is 0 Å². The fraction of sp³-hybridized carbons (Fsp3) is 0.176. The number of rotatable bonds is 5. The average Bonchev–Trinajstić information content (AvgIpc) is 2.49. The second-order valence-corrected chi connectivity index (χ2v) is 4.95. The SMILES string of the molecule is CC(C)Oc1ccccc1/C=N/NC(=O)c1ccc(O)cc1. The quantitative estimate of drug-likeness (QED) is 0.658. The molecule has 0 bridgehead atoms. The minimum Gasteiger partial charge on any atom is -0.508 e. The van der Waals surface area contributed by atoms with Gasteiger partial charge in [0.1, 0.15) is 11.5 Å². The minimum absolute atomic E-state index is 0.0566. The molecule has 0 atom stereocenters. The number of carbonyl (C=O) groups excluding carboxylic acids is 1. The maximum absolute atomic E-state index is 11.9. The van der Waals surface area contributed by atoms with Gasteiger partial charge in [-0.25, -0.2) is 5.43 Å². The summed E-state index contributed by atoms with van der Waals surface area (Å²) >= 11 is 0. The van der Waals surface area contributed by atoms with E-state index in [1.54, 1.807) is 0 Å². The second-order valence-electron chi connectivity index (χ2n) is 4.95. The van der Waals surface area contributed by atoms with Crippen LogP contribution >= 0.6 is 0 Å². The van der Waals surface area contributed by atoms with Gasteiger partial charge in [-0.05, 0) is 50.2 Å². The Morgan fingerprint density at radius 3 is 2.55 bits per heavy atom. The number of phenols is 1. The predicted molar refractivity (Wildman–Crippen MR) is 85.4 cm³/mol. The first-order valence-electron chi connectivity index (χ1n) is 6.94. The number of benzene rings is 2. The largest absolute Gasteiger partial charge is 0.508 e. The minimum atomic E-state index is -0.349. The molecule has 2 aromatic rings. The van der Waals surface area contributed by atoms with E-state index in [1.807, 2.05) is 38.1 Å². The molecule has 0 fully saturated rings. The first-order chi connectivity index (χ1) is 10.6. The summed E-state index contributed by atoms with van der Waals surface area (Å²) in [6.07, 6.45) is 1.59. The molecule has 22 heavy (non-hydrogen) atoms. The molecule has 0 heterocycles. The third-order valence-electron chi connectivity index (χ3n) is 2.78. The molecule has 0 spiro atoms. The lowest BCUT2D eigenvalue weighted by molar-refractivity contribution is 0.0955. The molecule has 2 rings (SSSR count).